The topological polar surface area (TPSA) is 78.9 Å². The van der Waals surface area contributed by atoms with Crippen molar-refractivity contribution >= 4 is 11.9 Å². The lowest BCUT2D eigenvalue weighted by Crippen LogP contribution is -2.63. The number of likely N-dealkylation sites (tertiary alicyclic amines) is 1. The normalized spacial score (nSPS) is 26.1. The van der Waals surface area contributed by atoms with Crippen molar-refractivity contribution < 1.29 is 19.4 Å². The Bertz CT molecular complexity index is 452. The first-order valence-electron chi connectivity index (χ1n) is 8.22. The average molecular weight is 326 g/mol. The van der Waals surface area contributed by atoms with Gasteiger partial charge < -0.3 is 15.2 Å². The van der Waals surface area contributed by atoms with Gasteiger partial charge in [-0.15, -0.1) is 0 Å². The predicted molar refractivity (Wildman–Crippen MR) is 89.0 cm³/mol. The molecule has 2 N–H and O–H groups in total. The third kappa shape index (κ3) is 4.78. The SMILES string of the molecule is CC=CC1CC(C(=O)O)N(C(NC(C)=O)C(C)(CCC)OC)C1. The predicted octanol–water partition coefficient (Wildman–Crippen LogP) is 2.00. The van der Waals surface area contributed by atoms with E-state index >= 15 is 0 Å². The van der Waals surface area contributed by atoms with Crippen LogP contribution in [0.1, 0.15) is 47.0 Å². The number of allylic oxidation sites excluding steroid dienone is 1. The lowest BCUT2D eigenvalue weighted by Gasteiger charge is -2.43. The summed E-state index contributed by atoms with van der Waals surface area (Å²) in [6.45, 7) is 7.95. The molecule has 6 heteroatoms. The van der Waals surface area contributed by atoms with Crippen molar-refractivity contribution in [1.82, 2.24) is 10.2 Å². The highest BCUT2D eigenvalue weighted by Gasteiger charge is 2.47. The Labute approximate surface area is 138 Å². The lowest BCUT2D eigenvalue weighted by atomic mass is 9.94. The monoisotopic (exact) mass is 326 g/mol. The van der Waals surface area contributed by atoms with E-state index in [1.165, 1.54) is 6.92 Å². The Kier molecular flexibility index (Phi) is 7.22. The van der Waals surface area contributed by atoms with Crippen LogP contribution >= 0.6 is 0 Å². The Morgan fingerprint density at radius 1 is 1.52 bits per heavy atom. The summed E-state index contributed by atoms with van der Waals surface area (Å²) in [6, 6.07) is -0.626. The minimum Gasteiger partial charge on any atom is -0.480 e. The van der Waals surface area contributed by atoms with Crippen LogP contribution in [0.3, 0.4) is 0 Å². The van der Waals surface area contributed by atoms with E-state index in [0.717, 1.165) is 12.8 Å². The van der Waals surface area contributed by atoms with E-state index in [2.05, 4.69) is 5.32 Å². The van der Waals surface area contributed by atoms with Crippen LogP contribution in [0.5, 0.6) is 0 Å². The quantitative estimate of drug-likeness (QED) is 0.667. The van der Waals surface area contributed by atoms with Crippen LogP contribution in [-0.2, 0) is 14.3 Å². The molecule has 1 aliphatic heterocycles. The number of ether oxygens (including phenoxy) is 1. The molecular weight excluding hydrogens is 296 g/mol. The number of nitrogens with zero attached hydrogens (tertiary/aromatic N) is 1. The number of hydrogen-bond acceptors (Lipinski definition) is 4. The Balaban J connectivity index is 3.17. The smallest absolute Gasteiger partial charge is 0.321 e. The summed E-state index contributed by atoms with van der Waals surface area (Å²) >= 11 is 0. The fraction of sp³-hybridized carbons (Fsp3) is 0.765. The highest BCUT2D eigenvalue weighted by Crippen LogP contribution is 2.32. The molecule has 1 heterocycles. The molecule has 0 aromatic carbocycles. The van der Waals surface area contributed by atoms with Crippen molar-refractivity contribution in [3.63, 3.8) is 0 Å². The number of carbonyl (C=O) groups is 2. The summed E-state index contributed by atoms with van der Waals surface area (Å²) in [5.74, 6) is -0.879. The molecule has 0 spiro atoms. The second-order valence-electron chi connectivity index (χ2n) is 6.44. The van der Waals surface area contributed by atoms with Gasteiger partial charge in [-0.2, -0.15) is 0 Å². The molecule has 0 saturated carbocycles. The number of amides is 1. The van der Waals surface area contributed by atoms with Gasteiger partial charge in [-0.05, 0) is 32.6 Å². The zero-order valence-corrected chi connectivity index (χ0v) is 14.8. The number of carboxylic acid groups (broad SMARTS) is 1. The van der Waals surface area contributed by atoms with Gasteiger partial charge in [-0.3, -0.25) is 14.5 Å². The molecule has 0 radical (unpaired) electrons. The molecule has 1 aliphatic rings. The molecule has 6 nitrogen and oxygen atoms in total. The number of nitrogens with one attached hydrogen (secondary N) is 1. The van der Waals surface area contributed by atoms with E-state index in [1.807, 2.05) is 37.8 Å². The first-order valence-corrected chi connectivity index (χ1v) is 8.22. The first-order chi connectivity index (χ1) is 10.8. The number of hydrogen-bond donors (Lipinski definition) is 2. The molecule has 1 rings (SSSR count). The third-order valence-corrected chi connectivity index (χ3v) is 4.58. The summed E-state index contributed by atoms with van der Waals surface area (Å²) in [6.07, 6.45) is 5.66. The maximum atomic E-state index is 11.7. The molecule has 4 atom stereocenters. The Hall–Kier alpha value is -1.40. The van der Waals surface area contributed by atoms with Gasteiger partial charge in [0, 0.05) is 20.6 Å². The van der Waals surface area contributed by atoms with E-state index in [9.17, 15) is 14.7 Å². The maximum Gasteiger partial charge on any atom is 0.321 e. The highest BCUT2D eigenvalue weighted by atomic mass is 16.5. The molecule has 23 heavy (non-hydrogen) atoms. The summed E-state index contributed by atoms with van der Waals surface area (Å²) in [5, 5.41) is 12.5. The van der Waals surface area contributed by atoms with Crippen LogP contribution in [0.25, 0.3) is 0 Å². The van der Waals surface area contributed by atoms with E-state index in [1.54, 1.807) is 7.11 Å². The van der Waals surface area contributed by atoms with Crippen LogP contribution in [-0.4, -0.2) is 53.3 Å². The maximum absolute atomic E-state index is 11.7. The number of methoxy groups -OCH3 is 1. The van der Waals surface area contributed by atoms with Crippen LogP contribution in [0.15, 0.2) is 12.2 Å². The molecule has 1 fully saturated rings. The number of aliphatic carboxylic acids is 1. The van der Waals surface area contributed by atoms with Gasteiger partial charge in [-0.25, -0.2) is 0 Å². The van der Waals surface area contributed by atoms with Gasteiger partial charge in [0.2, 0.25) is 5.91 Å². The van der Waals surface area contributed by atoms with Crippen molar-refractivity contribution in [3.05, 3.63) is 12.2 Å². The van der Waals surface area contributed by atoms with E-state index in [-0.39, 0.29) is 11.8 Å². The fourth-order valence-corrected chi connectivity index (χ4v) is 3.46. The van der Waals surface area contributed by atoms with Crippen LogP contribution < -0.4 is 5.32 Å². The van der Waals surface area contributed by atoms with Crippen LogP contribution in [0.4, 0.5) is 0 Å². The van der Waals surface area contributed by atoms with Crippen LogP contribution in [0, 0.1) is 5.92 Å². The van der Waals surface area contributed by atoms with E-state index in [0.29, 0.717) is 13.0 Å². The molecular formula is C17H30N2O4. The minimum absolute atomic E-state index is 0.167. The number of carboxylic acids is 1. The van der Waals surface area contributed by atoms with Crippen molar-refractivity contribution in [2.45, 2.75) is 64.8 Å². The van der Waals surface area contributed by atoms with Gasteiger partial charge in [0.15, 0.2) is 0 Å². The second kappa shape index (κ2) is 8.45. The Morgan fingerprint density at radius 2 is 2.17 bits per heavy atom. The van der Waals surface area contributed by atoms with Gasteiger partial charge in [0.25, 0.3) is 0 Å². The highest BCUT2D eigenvalue weighted by molar-refractivity contribution is 5.75. The number of carbonyl (C=O) groups excluding carboxylic acids is 1. The van der Waals surface area contributed by atoms with Gasteiger partial charge >= 0.3 is 5.97 Å². The fourth-order valence-electron chi connectivity index (χ4n) is 3.46. The molecule has 0 aromatic rings. The van der Waals surface area contributed by atoms with Crippen molar-refractivity contribution in [2.24, 2.45) is 5.92 Å². The molecule has 0 aromatic heterocycles. The molecule has 0 aliphatic carbocycles. The summed E-state index contributed by atoms with van der Waals surface area (Å²) in [4.78, 5) is 25.3. The standard InChI is InChI=1S/C17H30N2O4/c1-6-8-13-10-14(15(21)22)19(11-13)16(18-12(3)20)17(4,23-5)9-7-2/h6,8,13-14,16H,7,9-11H2,1-5H3,(H,18,20)(H,21,22). The van der Waals surface area contributed by atoms with Crippen LogP contribution in [0.2, 0.25) is 0 Å². The van der Waals surface area contributed by atoms with Gasteiger partial charge in [-0.1, -0.05) is 25.5 Å². The minimum atomic E-state index is -0.859. The first kappa shape index (κ1) is 19.6. The largest absolute Gasteiger partial charge is 0.480 e. The molecule has 0 bridgehead atoms. The lowest BCUT2D eigenvalue weighted by molar-refractivity contribution is -0.150. The van der Waals surface area contributed by atoms with Gasteiger partial charge in [0.1, 0.15) is 12.2 Å². The average Bonchev–Trinajstić information content (AvgIpc) is 2.89. The molecule has 132 valence electrons. The van der Waals surface area contributed by atoms with Gasteiger partial charge in [0.05, 0.1) is 5.60 Å². The van der Waals surface area contributed by atoms with Crippen molar-refractivity contribution in [3.8, 4) is 0 Å². The summed E-state index contributed by atoms with van der Waals surface area (Å²) in [7, 11) is 1.61. The molecule has 4 unspecified atom stereocenters. The van der Waals surface area contributed by atoms with E-state index in [4.69, 9.17) is 4.74 Å². The summed E-state index contributed by atoms with van der Waals surface area (Å²) < 4.78 is 5.71. The van der Waals surface area contributed by atoms with Crippen molar-refractivity contribution in [2.75, 3.05) is 13.7 Å². The zero-order valence-electron chi connectivity index (χ0n) is 14.8. The second-order valence-corrected chi connectivity index (χ2v) is 6.44. The molecule has 1 saturated heterocycles. The summed E-state index contributed by atoms with van der Waals surface area (Å²) in [5.41, 5.74) is -0.640. The van der Waals surface area contributed by atoms with Crippen molar-refractivity contribution in [1.29, 1.82) is 0 Å². The molecule has 1 amide bonds. The zero-order chi connectivity index (χ0) is 17.6. The van der Waals surface area contributed by atoms with E-state index < -0.39 is 23.8 Å². The number of rotatable bonds is 8. The Morgan fingerprint density at radius 3 is 2.61 bits per heavy atom. The third-order valence-electron chi connectivity index (χ3n) is 4.58.